The summed E-state index contributed by atoms with van der Waals surface area (Å²) in [6.07, 6.45) is 1.83. The Morgan fingerprint density at radius 2 is 2.20 bits per heavy atom. The van der Waals surface area contributed by atoms with Crippen LogP contribution in [0.25, 0.3) is 0 Å². The van der Waals surface area contributed by atoms with Crippen molar-refractivity contribution in [2.75, 3.05) is 0 Å². The first-order chi connectivity index (χ1) is 7.09. The molecule has 1 nitrogen and oxygen atoms in total. The average Bonchev–Trinajstić information content (AvgIpc) is 2.44. The van der Waals surface area contributed by atoms with Gasteiger partial charge < -0.3 is 0 Å². The number of rotatable bonds is 2. The van der Waals surface area contributed by atoms with Gasteiger partial charge in [-0.3, -0.25) is 4.79 Å². The minimum absolute atomic E-state index is 0.153. The van der Waals surface area contributed by atoms with E-state index in [0.717, 1.165) is 24.0 Å². The quantitative estimate of drug-likeness (QED) is 0.745. The molecule has 1 aliphatic carbocycles. The van der Waals surface area contributed by atoms with E-state index in [4.69, 9.17) is 11.6 Å². The summed E-state index contributed by atoms with van der Waals surface area (Å²) in [5.41, 5.74) is 1.89. The molecule has 0 spiro atoms. The van der Waals surface area contributed by atoms with E-state index in [1.165, 1.54) is 0 Å². The first kappa shape index (κ1) is 10.7. The van der Waals surface area contributed by atoms with Crippen molar-refractivity contribution >= 4 is 17.4 Å². The molecule has 0 aromatic heterocycles. The lowest BCUT2D eigenvalue weighted by molar-refractivity contribution is 0.0922. The Kier molecular flexibility index (Phi) is 2.83. The molecule has 2 heteroatoms. The molecule has 1 aliphatic rings. The molecular weight excluding hydrogens is 208 g/mol. The van der Waals surface area contributed by atoms with Crippen molar-refractivity contribution in [3.63, 3.8) is 0 Å². The molecule has 80 valence electrons. The standard InChI is InChI=1S/C13H15ClO/c1-8(2)6-10-7-9-4-3-5-11(14)12(9)13(10)15/h3-5,8,10H,6-7H2,1-2H3. The summed E-state index contributed by atoms with van der Waals surface area (Å²) >= 11 is 6.05. The van der Waals surface area contributed by atoms with Crippen LogP contribution < -0.4 is 0 Å². The zero-order valence-corrected chi connectivity index (χ0v) is 9.84. The monoisotopic (exact) mass is 222 g/mol. The summed E-state index contributed by atoms with van der Waals surface area (Å²) in [4.78, 5) is 12.1. The van der Waals surface area contributed by atoms with Crippen LogP contribution in [0.4, 0.5) is 0 Å². The van der Waals surface area contributed by atoms with Gasteiger partial charge in [0.2, 0.25) is 0 Å². The van der Waals surface area contributed by atoms with E-state index >= 15 is 0 Å². The maximum Gasteiger partial charge on any atom is 0.168 e. The molecule has 2 rings (SSSR count). The summed E-state index contributed by atoms with van der Waals surface area (Å²) in [6.45, 7) is 4.30. The van der Waals surface area contributed by atoms with E-state index in [1.807, 2.05) is 12.1 Å². The Hall–Kier alpha value is -0.820. The van der Waals surface area contributed by atoms with E-state index in [0.29, 0.717) is 10.9 Å². The lowest BCUT2D eigenvalue weighted by atomic mass is 9.94. The number of ketones is 1. The summed E-state index contributed by atoms with van der Waals surface area (Å²) in [7, 11) is 0. The Bertz CT molecular complexity index is 396. The normalized spacial score (nSPS) is 19.7. The molecule has 1 atom stereocenters. The fourth-order valence-electron chi connectivity index (χ4n) is 2.34. The number of halogens is 1. The minimum atomic E-state index is 0.153. The summed E-state index contributed by atoms with van der Waals surface area (Å²) in [5, 5.41) is 0.615. The lowest BCUT2D eigenvalue weighted by Gasteiger charge is -2.10. The summed E-state index contributed by atoms with van der Waals surface area (Å²) in [5.74, 6) is 0.955. The third-order valence-electron chi connectivity index (χ3n) is 2.94. The summed E-state index contributed by atoms with van der Waals surface area (Å²) in [6, 6.07) is 5.74. The Morgan fingerprint density at radius 1 is 1.47 bits per heavy atom. The van der Waals surface area contributed by atoms with Gasteiger partial charge in [0, 0.05) is 11.5 Å². The number of hydrogen-bond donors (Lipinski definition) is 0. The van der Waals surface area contributed by atoms with Crippen molar-refractivity contribution in [2.45, 2.75) is 26.7 Å². The van der Waals surface area contributed by atoms with Gasteiger partial charge in [0.25, 0.3) is 0 Å². The van der Waals surface area contributed by atoms with Crippen LogP contribution in [0, 0.1) is 11.8 Å². The van der Waals surface area contributed by atoms with Crippen LogP contribution in [0.5, 0.6) is 0 Å². The zero-order valence-electron chi connectivity index (χ0n) is 9.09. The van der Waals surface area contributed by atoms with Crippen LogP contribution in [0.15, 0.2) is 18.2 Å². The van der Waals surface area contributed by atoms with Gasteiger partial charge in [-0.2, -0.15) is 0 Å². The van der Waals surface area contributed by atoms with Gasteiger partial charge in [0.1, 0.15) is 0 Å². The van der Waals surface area contributed by atoms with Crippen molar-refractivity contribution in [2.24, 2.45) is 11.8 Å². The second kappa shape index (κ2) is 3.97. The van der Waals surface area contributed by atoms with Crippen molar-refractivity contribution in [1.82, 2.24) is 0 Å². The Labute approximate surface area is 95.4 Å². The molecule has 15 heavy (non-hydrogen) atoms. The van der Waals surface area contributed by atoms with Gasteiger partial charge in [-0.05, 0) is 30.4 Å². The number of Topliss-reactive ketones (excluding diaryl/α,β-unsaturated/α-hetero) is 1. The molecule has 0 saturated heterocycles. The largest absolute Gasteiger partial charge is 0.294 e. The molecule has 0 radical (unpaired) electrons. The zero-order chi connectivity index (χ0) is 11.0. The van der Waals surface area contributed by atoms with E-state index in [1.54, 1.807) is 6.07 Å². The van der Waals surface area contributed by atoms with Crippen LogP contribution in [-0.2, 0) is 6.42 Å². The van der Waals surface area contributed by atoms with Crippen LogP contribution in [0.2, 0.25) is 5.02 Å². The van der Waals surface area contributed by atoms with Gasteiger partial charge in [-0.1, -0.05) is 37.6 Å². The molecule has 0 bridgehead atoms. The van der Waals surface area contributed by atoms with Crippen molar-refractivity contribution in [3.05, 3.63) is 34.3 Å². The number of fused-ring (bicyclic) bond motifs is 1. The third kappa shape index (κ3) is 1.93. The predicted octanol–water partition coefficient (Wildman–Crippen LogP) is 3.74. The highest BCUT2D eigenvalue weighted by molar-refractivity contribution is 6.34. The molecule has 1 unspecified atom stereocenters. The molecule has 1 aromatic rings. The van der Waals surface area contributed by atoms with Crippen molar-refractivity contribution in [1.29, 1.82) is 0 Å². The molecular formula is C13H15ClO. The van der Waals surface area contributed by atoms with Gasteiger partial charge >= 0.3 is 0 Å². The third-order valence-corrected chi connectivity index (χ3v) is 3.25. The van der Waals surface area contributed by atoms with E-state index in [2.05, 4.69) is 13.8 Å². The SMILES string of the molecule is CC(C)CC1Cc2cccc(Cl)c2C1=O. The van der Waals surface area contributed by atoms with Crippen LogP contribution in [0.1, 0.15) is 36.2 Å². The Morgan fingerprint density at radius 3 is 2.80 bits per heavy atom. The molecule has 0 heterocycles. The maximum atomic E-state index is 12.1. The highest BCUT2D eigenvalue weighted by Crippen LogP contribution is 2.34. The fraction of sp³-hybridized carbons (Fsp3) is 0.462. The summed E-state index contributed by atoms with van der Waals surface area (Å²) < 4.78 is 0. The molecule has 0 amide bonds. The molecule has 0 aliphatic heterocycles. The molecule has 0 N–H and O–H groups in total. The smallest absolute Gasteiger partial charge is 0.168 e. The molecule has 1 aromatic carbocycles. The Balaban J connectivity index is 2.30. The van der Waals surface area contributed by atoms with Crippen molar-refractivity contribution < 1.29 is 4.79 Å². The number of carbonyl (C=O) groups is 1. The predicted molar refractivity (Wildman–Crippen MR) is 62.4 cm³/mol. The van der Waals surface area contributed by atoms with Crippen LogP contribution >= 0.6 is 11.6 Å². The second-order valence-electron chi connectivity index (χ2n) is 4.67. The van der Waals surface area contributed by atoms with E-state index in [-0.39, 0.29) is 11.7 Å². The van der Waals surface area contributed by atoms with Gasteiger partial charge in [-0.15, -0.1) is 0 Å². The maximum absolute atomic E-state index is 12.1. The fourth-order valence-corrected chi connectivity index (χ4v) is 2.62. The van der Waals surface area contributed by atoms with Gasteiger partial charge in [0.05, 0.1) is 5.02 Å². The van der Waals surface area contributed by atoms with E-state index < -0.39 is 0 Å². The first-order valence-electron chi connectivity index (χ1n) is 5.41. The number of hydrogen-bond acceptors (Lipinski definition) is 1. The minimum Gasteiger partial charge on any atom is -0.294 e. The van der Waals surface area contributed by atoms with Gasteiger partial charge in [0.15, 0.2) is 5.78 Å². The molecule has 0 saturated carbocycles. The molecule has 0 fully saturated rings. The highest BCUT2D eigenvalue weighted by atomic mass is 35.5. The number of carbonyl (C=O) groups excluding carboxylic acids is 1. The van der Waals surface area contributed by atoms with Gasteiger partial charge in [-0.25, -0.2) is 0 Å². The average molecular weight is 223 g/mol. The van der Waals surface area contributed by atoms with Crippen LogP contribution in [0.3, 0.4) is 0 Å². The van der Waals surface area contributed by atoms with E-state index in [9.17, 15) is 4.79 Å². The number of benzene rings is 1. The van der Waals surface area contributed by atoms with Crippen LogP contribution in [-0.4, -0.2) is 5.78 Å². The highest BCUT2D eigenvalue weighted by Gasteiger charge is 2.32. The van der Waals surface area contributed by atoms with Crippen molar-refractivity contribution in [3.8, 4) is 0 Å². The first-order valence-corrected chi connectivity index (χ1v) is 5.79. The lowest BCUT2D eigenvalue weighted by Crippen LogP contribution is -2.11. The second-order valence-corrected chi connectivity index (χ2v) is 5.08. The topological polar surface area (TPSA) is 17.1 Å².